The molecule has 1 aliphatic rings. The van der Waals surface area contributed by atoms with Gasteiger partial charge in [-0.15, -0.1) is 0 Å². The smallest absolute Gasteiger partial charge is 0.335 e. The molecule has 0 aromatic heterocycles. The summed E-state index contributed by atoms with van der Waals surface area (Å²) in [4.78, 5) is 11.1. The molecule has 0 unspecified atom stereocenters. The Balaban J connectivity index is 1.95. The lowest BCUT2D eigenvalue weighted by atomic mass is 9.98. The largest absolute Gasteiger partial charge is 0.478 e. The Kier molecular flexibility index (Phi) is 3.52. The molecule has 1 fully saturated rings. The average Bonchev–Trinajstić information content (AvgIpc) is 3.02. The second-order valence-corrected chi connectivity index (χ2v) is 5.16. The third-order valence-corrected chi connectivity index (χ3v) is 3.79. The van der Waals surface area contributed by atoms with Gasteiger partial charge in [0.1, 0.15) is 0 Å². The van der Waals surface area contributed by atoms with E-state index in [1.54, 1.807) is 18.2 Å². The number of rotatable bonds is 3. The van der Waals surface area contributed by atoms with Crippen molar-refractivity contribution in [1.82, 2.24) is 5.32 Å². The zero-order valence-corrected chi connectivity index (χ0v) is 11.2. The highest BCUT2D eigenvalue weighted by Gasteiger charge is 2.16. The van der Waals surface area contributed by atoms with Gasteiger partial charge in [0, 0.05) is 6.04 Å². The fraction of sp³-hybridized carbons (Fsp3) is 0.235. The quantitative estimate of drug-likeness (QED) is 0.895. The topological polar surface area (TPSA) is 49.3 Å². The maximum atomic E-state index is 11.1. The van der Waals surface area contributed by atoms with Gasteiger partial charge in [-0.2, -0.15) is 0 Å². The molecule has 0 bridgehead atoms. The Morgan fingerprint density at radius 2 is 1.85 bits per heavy atom. The van der Waals surface area contributed by atoms with Crippen molar-refractivity contribution in [3.8, 4) is 11.1 Å². The Morgan fingerprint density at radius 3 is 2.55 bits per heavy atom. The van der Waals surface area contributed by atoms with Gasteiger partial charge in [-0.05, 0) is 54.3 Å². The van der Waals surface area contributed by atoms with Gasteiger partial charge in [0.05, 0.1) is 5.56 Å². The molecule has 1 aliphatic heterocycles. The molecule has 1 saturated heterocycles. The summed E-state index contributed by atoms with van der Waals surface area (Å²) in [6, 6.07) is 15.9. The average molecular weight is 267 g/mol. The Bertz CT molecular complexity index is 630. The number of aromatic carboxylic acids is 1. The lowest BCUT2D eigenvalue weighted by molar-refractivity contribution is 0.0697. The van der Waals surface area contributed by atoms with E-state index in [2.05, 4.69) is 17.4 Å². The first-order chi connectivity index (χ1) is 9.74. The predicted molar refractivity (Wildman–Crippen MR) is 78.8 cm³/mol. The maximum absolute atomic E-state index is 11.1. The van der Waals surface area contributed by atoms with E-state index in [0.717, 1.165) is 17.7 Å². The van der Waals surface area contributed by atoms with E-state index in [-0.39, 0.29) is 0 Å². The molecule has 0 amide bonds. The van der Waals surface area contributed by atoms with Gasteiger partial charge in [0.25, 0.3) is 0 Å². The number of carboxylic acids is 1. The Morgan fingerprint density at radius 1 is 1.10 bits per heavy atom. The van der Waals surface area contributed by atoms with Gasteiger partial charge in [-0.1, -0.05) is 30.3 Å². The summed E-state index contributed by atoms with van der Waals surface area (Å²) in [6.07, 6.45) is 2.38. The summed E-state index contributed by atoms with van der Waals surface area (Å²) in [5, 5.41) is 12.6. The van der Waals surface area contributed by atoms with Gasteiger partial charge in [0.2, 0.25) is 0 Å². The van der Waals surface area contributed by atoms with Crippen LogP contribution in [0.2, 0.25) is 0 Å². The molecule has 0 spiro atoms. The zero-order chi connectivity index (χ0) is 13.9. The maximum Gasteiger partial charge on any atom is 0.335 e. The summed E-state index contributed by atoms with van der Waals surface area (Å²) in [6.45, 7) is 1.07. The molecule has 2 aromatic carbocycles. The minimum absolute atomic E-state index is 0.326. The van der Waals surface area contributed by atoms with Crippen molar-refractivity contribution < 1.29 is 9.90 Å². The molecule has 3 rings (SSSR count). The molecule has 0 aliphatic carbocycles. The number of benzene rings is 2. The first-order valence-electron chi connectivity index (χ1n) is 6.91. The number of nitrogens with one attached hydrogen (secondary N) is 1. The fourth-order valence-electron chi connectivity index (χ4n) is 2.74. The highest BCUT2D eigenvalue weighted by molar-refractivity contribution is 5.89. The van der Waals surface area contributed by atoms with Crippen LogP contribution in [0.1, 0.15) is 34.8 Å². The van der Waals surface area contributed by atoms with Crippen molar-refractivity contribution in [1.29, 1.82) is 0 Å². The van der Waals surface area contributed by atoms with Crippen LogP contribution in [0.15, 0.2) is 48.5 Å². The van der Waals surface area contributed by atoms with Crippen LogP contribution in [-0.4, -0.2) is 17.6 Å². The van der Waals surface area contributed by atoms with E-state index in [9.17, 15) is 4.79 Å². The van der Waals surface area contributed by atoms with Crippen LogP contribution in [-0.2, 0) is 0 Å². The molecule has 0 saturated carbocycles. The van der Waals surface area contributed by atoms with Crippen molar-refractivity contribution in [2.24, 2.45) is 0 Å². The van der Waals surface area contributed by atoms with E-state index < -0.39 is 5.97 Å². The van der Waals surface area contributed by atoms with Crippen molar-refractivity contribution in [3.05, 3.63) is 59.7 Å². The fourth-order valence-corrected chi connectivity index (χ4v) is 2.74. The van der Waals surface area contributed by atoms with Gasteiger partial charge in [-0.3, -0.25) is 0 Å². The van der Waals surface area contributed by atoms with E-state index in [1.165, 1.54) is 18.4 Å². The second kappa shape index (κ2) is 5.47. The summed E-state index contributed by atoms with van der Waals surface area (Å²) in [5.41, 5.74) is 3.62. The van der Waals surface area contributed by atoms with Crippen LogP contribution in [0.4, 0.5) is 0 Å². The highest BCUT2D eigenvalue weighted by atomic mass is 16.4. The number of hydrogen-bond donors (Lipinski definition) is 2. The van der Waals surface area contributed by atoms with E-state index in [1.807, 2.05) is 18.2 Å². The molecule has 3 nitrogen and oxygen atoms in total. The molecular formula is C17H17NO2. The van der Waals surface area contributed by atoms with E-state index >= 15 is 0 Å². The molecule has 2 N–H and O–H groups in total. The summed E-state index contributed by atoms with van der Waals surface area (Å²) in [7, 11) is 0. The predicted octanol–water partition coefficient (Wildman–Crippen LogP) is 3.48. The van der Waals surface area contributed by atoms with Gasteiger partial charge in [-0.25, -0.2) is 4.79 Å². The number of hydrogen-bond acceptors (Lipinski definition) is 2. The lowest BCUT2D eigenvalue weighted by Gasteiger charge is -2.12. The first kappa shape index (κ1) is 12.9. The molecule has 3 heteroatoms. The minimum Gasteiger partial charge on any atom is -0.478 e. The van der Waals surface area contributed by atoms with Crippen LogP contribution in [0.3, 0.4) is 0 Å². The molecule has 2 aromatic rings. The van der Waals surface area contributed by atoms with E-state index in [0.29, 0.717) is 11.6 Å². The highest BCUT2D eigenvalue weighted by Crippen LogP contribution is 2.28. The third kappa shape index (κ3) is 2.58. The second-order valence-electron chi connectivity index (χ2n) is 5.16. The number of carbonyl (C=O) groups is 1. The minimum atomic E-state index is -0.888. The normalized spacial score (nSPS) is 18.1. The summed E-state index contributed by atoms with van der Waals surface area (Å²) in [5.74, 6) is -0.888. The first-order valence-corrected chi connectivity index (χ1v) is 6.91. The monoisotopic (exact) mass is 267 g/mol. The summed E-state index contributed by atoms with van der Waals surface area (Å²) >= 11 is 0. The van der Waals surface area contributed by atoms with Crippen molar-refractivity contribution in [2.75, 3.05) is 6.54 Å². The van der Waals surface area contributed by atoms with Gasteiger partial charge < -0.3 is 10.4 Å². The SMILES string of the molecule is O=C(O)c1cccc(-c2cccc([C@@H]3CCCN3)c2)c1. The molecule has 20 heavy (non-hydrogen) atoms. The van der Waals surface area contributed by atoms with Gasteiger partial charge in [0.15, 0.2) is 0 Å². The molecule has 0 radical (unpaired) electrons. The Labute approximate surface area is 118 Å². The molecule has 1 atom stereocenters. The van der Waals surface area contributed by atoms with Crippen molar-refractivity contribution >= 4 is 5.97 Å². The van der Waals surface area contributed by atoms with Crippen molar-refractivity contribution in [3.63, 3.8) is 0 Å². The molecule has 1 heterocycles. The van der Waals surface area contributed by atoms with Crippen molar-refractivity contribution in [2.45, 2.75) is 18.9 Å². The van der Waals surface area contributed by atoms with Crippen LogP contribution in [0, 0.1) is 0 Å². The van der Waals surface area contributed by atoms with E-state index in [4.69, 9.17) is 5.11 Å². The van der Waals surface area contributed by atoms with Gasteiger partial charge >= 0.3 is 5.97 Å². The number of carboxylic acid groups (broad SMARTS) is 1. The lowest BCUT2D eigenvalue weighted by Crippen LogP contribution is -2.12. The summed E-state index contributed by atoms with van der Waals surface area (Å²) < 4.78 is 0. The zero-order valence-electron chi connectivity index (χ0n) is 11.2. The van der Waals surface area contributed by atoms with Crippen LogP contribution in [0.25, 0.3) is 11.1 Å². The Hall–Kier alpha value is -2.13. The molecular weight excluding hydrogens is 250 g/mol. The van der Waals surface area contributed by atoms with Crippen LogP contribution >= 0.6 is 0 Å². The standard InChI is InChI=1S/C17H17NO2/c19-17(20)15-7-2-5-13(11-15)12-4-1-6-14(10-12)16-8-3-9-18-16/h1-2,4-7,10-11,16,18H,3,8-9H2,(H,19,20)/t16-/m0/s1. The third-order valence-electron chi connectivity index (χ3n) is 3.79. The van der Waals surface area contributed by atoms with Crippen LogP contribution in [0.5, 0.6) is 0 Å². The molecule has 102 valence electrons. The van der Waals surface area contributed by atoms with Crippen LogP contribution < -0.4 is 5.32 Å².